The summed E-state index contributed by atoms with van der Waals surface area (Å²) >= 11 is 0. The average molecular weight is 382 g/mol. The normalized spacial score (nSPS) is 10.6. The number of methoxy groups -OCH3 is 1. The van der Waals surface area contributed by atoms with Gasteiger partial charge < -0.3 is 20.1 Å². The van der Waals surface area contributed by atoms with E-state index in [0.29, 0.717) is 31.0 Å². The Kier molecular flexibility index (Phi) is 8.75. The molecule has 2 amide bonds. The number of benzene rings is 2. The van der Waals surface area contributed by atoms with E-state index in [-0.39, 0.29) is 11.8 Å². The average Bonchev–Trinajstić information content (AvgIpc) is 2.71. The molecule has 2 aromatic rings. The number of amides is 2. The fourth-order valence-electron chi connectivity index (χ4n) is 2.46. The summed E-state index contributed by atoms with van der Waals surface area (Å²) in [5, 5.41) is 5.58. The van der Waals surface area contributed by atoms with Gasteiger partial charge >= 0.3 is 0 Å². The molecule has 0 aliphatic heterocycles. The Morgan fingerprint density at radius 3 is 2.61 bits per heavy atom. The molecular formula is C22H26N2O4. The van der Waals surface area contributed by atoms with Crippen LogP contribution in [0.4, 0.5) is 5.69 Å². The first-order chi connectivity index (χ1) is 13.6. The predicted molar refractivity (Wildman–Crippen MR) is 111 cm³/mol. The predicted octanol–water partition coefficient (Wildman–Crippen LogP) is 3.50. The van der Waals surface area contributed by atoms with E-state index in [2.05, 4.69) is 10.6 Å². The van der Waals surface area contributed by atoms with E-state index in [1.807, 2.05) is 31.2 Å². The van der Waals surface area contributed by atoms with Crippen molar-refractivity contribution in [3.05, 3.63) is 65.7 Å². The van der Waals surface area contributed by atoms with Gasteiger partial charge in [-0.25, -0.2) is 0 Å². The zero-order valence-corrected chi connectivity index (χ0v) is 16.2. The van der Waals surface area contributed by atoms with E-state index in [1.54, 1.807) is 37.5 Å². The fourth-order valence-corrected chi connectivity index (χ4v) is 2.46. The third-order valence-electron chi connectivity index (χ3n) is 3.82. The molecule has 0 spiro atoms. The van der Waals surface area contributed by atoms with Crippen molar-refractivity contribution in [2.24, 2.45) is 0 Å². The van der Waals surface area contributed by atoms with Crippen molar-refractivity contribution in [1.82, 2.24) is 5.32 Å². The van der Waals surface area contributed by atoms with Gasteiger partial charge in [0, 0.05) is 37.6 Å². The quantitative estimate of drug-likeness (QED) is 0.487. The van der Waals surface area contributed by atoms with Crippen molar-refractivity contribution in [3.63, 3.8) is 0 Å². The maximum absolute atomic E-state index is 12.1. The van der Waals surface area contributed by atoms with Crippen LogP contribution in [0.1, 0.15) is 29.3 Å². The van der Waals surface area contributed by atoms with Crippen LogP contribution in [0.25, 0.3) is 6.08 Å². The SMILES string of the molecule is CCOc1ccc(/C=C/C(=O)Nc2cccc(C(=O)NCCCOC)c2)cc1. The maximum atomic E-state index is 12.1. The van der Waals surface area contributed by atoms with E-state index in [1.165, 1.54) is 6.08 Å². The number of carbonyl (C=O) groups excluding carboxylic acids is 2. The molecule has 0 aliphatic rings. The summed E-state index contributed by atoms with van der Waals surface area (Å²) < 4.78 is 10.3. The molecule has 0 bridgehead atoms. The van der Waals surface area contributed by atoms with Gasteiger partial charge in [-0.15, -0.1) is 0 Å². The molecule has 0 saturated heterocycles. The molecule has 0 heterocycles. The van der Waals surface area contributed by atoms with E-state index >= 15 is 0 Å². The molecule has 2 rings (SSSR count). The molecule has 0 aromatic heterocycles. The first-order valence-electron chi connectivity index (χ1n) is 9.21. The molecule has 2 N–H and O–H groups in total. The minimum Gasteiger partial charge on any atom is -0.494 e. The van der Waals surface area contributed by atoms with Gasteiger partial charge in [-0.05, 0) is 55.3 Å². The molecule has 0 saturated carbocycles. The monoisotopic (exact) mass is 382 g/mol. The van der Waals surface area contributed by atoms with Gasteiger partial charge in [-0.3, -0.25) is 9.59 Å². The summed E-state index contributed by atoms with van der Waals surface area (Å²) in [7, 11) is 1.62. The lowest BCUT2D eigenvalue weighted by Gasteiger charge is -2.07. The Morgan fingerprint density at radius 2 is 1.89 bits per heavy atom. The molecule has 0 aliphatic carbocycles. The number of rotatable bonds is 10. The van der Waals surface area contributed by atoms with Gasteiger partial charge in [0.25, 0.3) is 5.91 Å². The topological polar surface area (TPSA) is 76.7 Å². The van der Waals surface area contributed by atoms with Crippen molar-refractivity contribution in [2.75, 3.05) is 32.2 Å². The smallest absolute Gasteiger partial charge is 0.251 e. The highest BCUT2D eigenvalue weighted by Gasteiger charge is 2.06. The van der Waals surface area contributed by atoms with Gasteiger partial charge in [0.05, 0.1) is 6.61 Å². The highest BCUT2D eigenvalue weighted by atomic mass is 16.5. The lowest BCUT2D eigenvalue weighted by Crippen LogP contribution is -2.25. The van der Waals surface area contributed by atoms with Crippen LogP contribution in [0.2, 0.25) is 0 Å². The first-order valence-corrected chi connectivity index (χ1v) is 9.21. The number of hydrogen-bond acceptors (Lipinski definition) is 4. The summed E-state index contributed by atoms with van der Waals surface area (Å²) in [6.45, 7) is 3.67. The van der Waals surface area contributed by atoms with E-state index in [0.717, 1.165) is 17.7 Å². The van der Waals surface area contributed by atoms with Crippen LogP contribution >= 0.6 is 0 Å². The summed E-state index contributed by atoms with van der Waals surface area (Å²) in [6.07, 6.45) is 3.92. The van der Waals surface area contributed by atoms with Crippen molar-refractivity contribution >= 4 is 23.6 Å². The molecule has 6 heteroatoms. The molecule has 0 unspecified atom stereocenters. The Morgan fingerprint density at radius 1 is 1.11 bits per heavy atom. The number of nitrogens with one attached hydrogen (secondary N) is 2. The molecule has 148 valence electrons. The Labute approximate surface area is 165 Å². The van der Waals surface area contributed by atoms with Gasteiger partial charge in [0.2, 0.25) is 5.91 Å². The Balaban J connectivity index is 1.90. The van der Waals surface area contributed by atoms with Crippen LogP contribution in [0.3, 0.4) is 0 Å². The summed E-state index contributed by atoms with van der Waals surface area (Å²) in [5.74, 6) is 0.338. The van der Waals surface area contributed by atoms with E-state index < -0.39 is 0 Å². The number of anilines is 1. The number of carbonyl (C=O) groups is 2. The fraction of sp³-hybridized carbons (Fsp3) is 0.273. The second-order valence-corrected chi connectivity index (χ2v) is 6.01. The van der Waals surface area contributed by atoms with Crippen molar-refractivity contribution in [3.8, 4) is 5.75 Å². The lowest BCUT2D eigenvalue weighted by atomic mass is 10.1. The maximum Gasteiger partial charge on any atom is 0.251 e. The van der Waals surface area contributed by atoms with Crippen molar-refractivity contribution in [2.45, 2.75) is 13.3 Å². The highest BCUT2D eigenvalue weighted by molar-refractivity contribution is 6.03. The molecule has 2 aromatic carbocycles. The van der Waals surface area contributed by atoms with Crippen molar-refractivity contribution < 1.29 is 19.1 Å². The lowest BCUT2D eigenvalue weighted by molar-refractivity contribution is -0.111. The van der Waals surface area contributed by atoms with E-state index in [4.69, 9.17) is 9.47 Å². The third-order valence-corrected chi connectivity index (χ3v) is 3.82. The number of ether oxygens (including phenoxy) is 2. The van der Waals surface area contributed by atoms with Crippen LogP contribution in [0, 0.1) is 0 Å². The minimum absolute atomic E-state index is 0.183. The Bertz CT molecular complexity index is 800. The van der Waals surface area contributed by atoms with Crippen LogP contribution in [0.5, 0.6) is 5.75 Å². The molecule has 0 atom stereocenters. The second-order valence-electron chi connectivity index (χ2n) is 6.01. The Hall–Kier alpha value is -3.12. The zero-order valence-electron chi connectivity index (χ0n) is 16.2. The molecular weight excluding hydrogens is 356 g/mol. The molecule has 6 nitrogen and oxygen atoms in total. The van der Waals surface area contributed by atoms with Gasteiger partial charge in [0.1, 0.15) is 5.75 Å². The molecule has 0 fully saturated rings. The van der Waals surface area contributed by atoms with Crippen LogP contribution in [0.15, 0.2) is 54.6 Å². The van der Waals surface area contributed by atoms with E-state index in [9.17, 15) is 9.59 Å². The third kappa shape index (κ3) is 7.25. The summed E-state index contributed by atoms with van der Waals surface area (Å²) in [4.78, 5) is 24.3. The zero-order chi connectivity index (χ0) is 20.2. The van der Waals surface area contributed by atoms with Gasteiger partial charge in [-0.1, -0.05) is 18.2 Å². The van der Waals surface area contributed by atoms with Crippen molar-refractivity contribution in [1.29, 1.82) is 0 Å². The standard InChI is InChI=1S/C22H26N2O4/c1-3-28-20-11-8-17(9-12-20)10-13-21(25)24-19-7-4-6-18(16-19)22(26)23-14-5-15-27-2/h4,6-13,16H,3,5,14-15H2,1-2H3,(H,23,26)(H,24,25)/b13-10+. The summed E-state index contributed by atoms with van der Waals surface area (Å²) in [6, 6.07) is 14.3. The van der Waals surface area contributed by atoms with Gasteiger partial charge in [-0.2, -0.15) is 0 Å². The van der Waals surface area contributed by atoms with Crippen LogP contribution in [-0.4, -0.2) is 38.7 Å². The van der Waals surface area contributed by atoms with Crippen LogP contribution in [-0.2, 0) is 9.53 Å². The minimum atomic E-state index is -0.272. The largest absolute Gasteiger partial charge is 0.494 e. The molecule has 28 heavy (non-hydrogen) atoms. The second kappa shape index (κ2) is 11.6. The van der Waals surface area contributed by atoms with Gasteiger partial charge in [0.15, 0.2) is 0 Å². The molecule has 0 radical (unpaired) electrons. The highest BCUT2D eigenvalue weighted by Crippen LogP contribution is 2.14. The number of hydrogen-bond donors (Lipinski definition) is 2. The first kappa shape index (κ1) is 21.2. The van der Waals surface area contributed by atoms with Crippen LogP contribution < -0.4 is 15.4 Å². The summed E-state index contributed by atoms with van der Waals surface area (Å²) in [5.41, 5.74) is 1.94.